The highest BCUT2D eigenvalue weighted by Crippen LogP contribution is 2.46. The van der Waals surface area contributed by atoms with Crippen LogP contribution in [0.3, 0.4) is 0 Å². The molecule has 1 aromatic rings. The molecule has 3 heteroatoms. The third-order valence-electron chi connectivity index (χ3n) is 5.34. The molecule has 0 heterocycles. The van der Waals surface area contributed by atoms with Gasteiger partial charge in [-0.1, -0.05) is 64.3 Å². The van der Waals surface area contributed by atoms with Gasteiger partial charge in [-0.2, -0.15) is 0 Å². The lowest BCUT2D eigenvalue weighted by Gasteiger charge is -2.43. The van der Waals surface area contributed by atoms with Crippen molar-refractivity contribution in [3.8, 4) is 0 Å². The number of alkyl halides is 2. The highest BCUT2D eigenvalue weighted by molar-refractivity contribution is 5.30. The molecule has 1 fully saturated rings. The van der Waals surface area contributed by atoms with E-state index in [-0.39, 0.29) is 5.92 Å². The fraction of sp³-hybridized carbons (Fsp3) is 0.684. The molecule has 2 unspecified atom stereocenters. The second kappa shape index (κ2) is 7.08. The minimum absolute atomic E-state index is 0.0739. The third-order valence-corrected chi connectivity index (χ3v) is 5.34. The predicted octanol–water partition coefficient (Wildman–Crippen LogP) is 5.48. The molecule has 0 spiro atoms. The van der Waals surface area contributed by atoms with Crippen molar-refractivity contribution >= 4 is 0 Å². The number of halogens is 2. The van der Waals surface area contributed by atoms with Crippen LogP contribution in [0.1, 0.15) is 69.9 Å². The van der Waals surface area contributed by atoms with Gasteiger partial charge in [0.25, 0.3) is 0 Å². The van der Waals surface area contributed by atoms with Gasteiger partial charge in [-0.15, -0.1) is 0 Å². The largest absolute Gasteiger partial charge is 0.384 e. The molecule has 1 N–H and O–H groups in total. The fourth-order valence-corrected chi connectivity index (χ4v) is 3.74. The molecule has 1 nitrogen and oxygen atoms in total. The third kappa shape index (κ3) is 3.34. The summed E-state index contributed by atoms with van der Waals surface area (Å²) in [4.78, 5) is 0. The molecule has 0 radical (unpaired) electrons. The first-order valence-corrected chi connectivity index (χ1v) is 8.48. The van der Waals surface area contributed by atoms with Gasteiger partial charge in [0.2, 0.25) is 6.43 Å². The Morgan fingerprint density at radius 2 is 1.55 bits per heavy atom. The second-order valence-corrected chi connectivity index (χ2v) is 7.06. The van der Waals surface area contributed by atoms with E-state index in [4.69, 9.17) is 0 Å². The van der Waals surface area contributed by atoms with Gasteiger partial charge < -0.3 is 5.11 Å². The topological polar surface area (TPSA) is 20.2 Å². The molecule has 124 valence electrons. The molecule has 1 aliphatic carbocycles. The Kier molecular flexibility index (Phi) is 5.60. The molecular formula is C19H28F2O. The van der Waals surface area contributed by atoms with Gasteiger partial charge in [0.15, 0.2) is 0 Å². The molecule has 2 atom stereocenters. The molecule has 1 saturated carbocycles. The lowest BCUT2D eigenvalue weighted by atomic mass is 9.67. The van der Waals surface area contributed by atoms with Crippen LogP contribution < -0.4 is 0 Å². The Labute approximate surface area is 132 Å². The first-order chi connectivity index (χ1) is 10.4. The minimum Gasteiger partial charge on any atom is -0.384 e. The summed E-state index contributed by atoms with van der Waals surface area (Å²) in [6, 6.07) is 7.63. The van der Waals surface area contributed by atoms with E-state index >= 15 is 0 Å². The van der Waals surface area contributed by atoms with Crippen molar-refractivity contribution in [1.82, 2.24) is 0 Å². The molecule has 1 aliphatic rings. The first-order valence-electron chi connectivity index (χ1n) is 8.48. The highest BCUT2D eigenvalue weighted by atomic mass is 19.3. The molecule has 0 aliphatic heterocycles. The lowest BCUT2D eigenvalue weighted by Crippen LogP contribution is -2.45. The maximum absolute atomic E-state index is 13.4. The Morgan fingerprint density at radius 3 is 2.00 bits per heavy atom. The van der Waals surface area contributed by atoms with Crippen LogP contribution in [0.4, 0.5) is 8.78 Å². The number of hydrogen-bond donors (Lipinski definition) is 1. The van der Waals surface area contributed by atoms with E-state index in [1.807, 2.05) is 24.3 Å². The van der Waals surface area contributed by atoms with Crippen LogP contribution >= 0.6 is 0 Å². The van der Waals surface area contributed by atoms with Crippen molar-refractivity contribution < 1.29 is 13.9 Å². The quantitative estimate of drug-likeness (QED) is 0.763. The SMILES string of the molecule is CC(C)c1ccc(C(O)(C2CCCCC2)C(C)C(F)F)cc1. The van der Waals surface area contributed by atoms with E-state index in [1.165, 1.54) is 12.5 Å². The van der Waals surface area contributed by atoms with E-state index in [0.29, 0.717) is 11.5 Å². The van der Waals surface area contributed by atoms with Crippen LogP contribution in [0.5, 0.6) is 0 Å². The number of hydrogen-bond acceptors (Lipinski definition) is 1. The monoisotopic (exact) mass is 310 g/mol. The summed E-state index contributed by atoms with van der Waals surface area (Å²) < 4.78 is 26.8. The summed E-state index contributed by atoms with van der Waals surface area (Å²) in [6.45, 7) is 5.68. The smallest absolute Gasteiger partial charge is 0.244 e. The predicted molar refractivity (Wildman–Crippen MR) is 86.2 cm³/mol. The molecule has 0 aromatic heterocycles. The van der Waals surface area contributed by atoms with Crippen molar-refractivity contribution in [3.63, 3.8) is 0 Å². The Morgan fingerprint density at radius 1 is 1.00 bits per heavy atom. The van der Waals surface area contributed by atoms with E-state index in [1.54, 1.807) is 0 Å². The van der Waals surface area contributed by atoms with Gasteiger partial charge in [-0.05, 0) is 35.8 Å². The Bertz CT molecular complexity index is 463. The highest BCUT2D eigenvalue weighted by Gasteiger charge is 2.46. The molecular weight excluding hydrogens is 282 g/mol. The van der Waals surface area contributed by atoms with Crippen molar-refractivity contribution in [3.05, 3.63) is 35.4 Å². The number of benzene rings is 1. The van der Waals surface area contributed by atoms with E-state index < -0.39 is 17.9 Å². The lowest BCUT2D eigenvalue weighted by molar-refractivity contribution is -0.128. The summed E-state index contributed by atoms with van der Waals surface area (Å²) >= 11 is 0. The zero-order valence-electron chi connectivity index (χ0n) is 13.9. The summed E-state index contributed by atoms with van der Waals surface area (Å²) in [6.07, 6.45) is 2.33. The minimum atomic E-state index is -2.52. The molecule has 1 aromatic carbocycles. The maximum atomic E-state index is 13.4. The van der Waals surface area contributed by atoms with Crippen LogP contribution in [0, 0.1) is 11.8 Å². The Balaban J connectivity index is 2.38. The van der Waals surface area contributed by atoms with Gasteiger partial charge in [0.05, 0.1) is 5.92 Å². The fourth-order valence-electron chi connectivity index (χ4n) is 3.74. The van der Waals surface area contributed by atoms with Crippen molar-refractivity contribution in [1.29, 1.82) is 0 Å². The van der Waals surface area contributed by atoms with Gasteiger partial charge in [0.1, 0.15) is 5.60 Å². The van der Waals surface area contributed by atoms with Crippen LogP contribution in [0.15, 0.2) is 24.3 Å². The van der Waals surface area contributed by atoms with Crippen LogP contribution in [0.2, 0.25) is 0 Å². The molecule has 22 heavy (non-hydrogen) atoms. The number of aliphatic hydroxyl groups is 1. The van der Waals surface area contributed by atoms with E-state index in [0.717, 1.165) is 32.1 Å². The maximum Gasteiger partial charge on any atom is 0.244 e. The summed E-state index contributed by atoms with van der Waals surface area (Å²) in [5, 5.41) is 11.3. The van der Waals surface area contributed by atoms with E-state index in [2.05, 4.69) is 13.8 Å². The zero-order valence-corrected chi connectivity index (χ0v) is 13.9. The van der Waals surface area contributed by atoms with Crippen LogP contribution in [-0.2, 0) is 5.60 Å². The second-order valence-electron chi connectivity index (χ2n) is 7.06. The zero-order chi connectivity index (χ0) is 16.3. The van der Waals surface area contributed by atoms with Crippen molar-refractivity contribution in [2.45, 2.75) is 70.8 Å². The normalized spacial score (nSPS) is 21.1. The van der Waals surface area contributed by atoms with Gasteiger partial charge in [-0.3, -0.25) is 0 Å². The molecule has 2 rings (SSSR count). The molecule has 0 saturated heterocycles. The van der Waals surface area contributed by atoms with Crippen LogP contribution in [0.25, 0.3) is 0 Å². The summed E-state index contributed by atoms with van der Waals surface area (Å²) in [5.41, 5.74) is 0.389. The average Bonchev–Trinajstić information content (AvgIpc) is 2.54. The molecule has 0 amide bonds. The standard InChI is InChI=1S/C19H28F2O/c1-13(2)15-9-11-17(12-10-15)19(22,14(3)18(20)21)16-7-5-4-6-8-16/h9-14,16,18,22H,4-8H2,1-3H3. The van der Waals surface area contributed by atoms with Gasteiger partial charge >= 0.3 is 0 Å². The van der Waals surface area contributed by atoms with Crippen molar-refractivity contribution in [2.24, 2.45) is 11.8 Å². The van der Waals surface area contributed by atoms with E-state index in [9.17, 15) is 13.9 Å². The number of rotatable bonds is 5. The summed E-state index contributed by atoms with van der Waals surface area (Å²) in [7, 11) is 0. The van der Waals surface area contributed by atoms with Crippen molar-refractivity contribution in [2.75, 3.05) is 0 Å². The Hall–Kier alpha value is -0.960. The summed E-state index contributed by atoms with van der Waals surface area (Å²) in [5.74, 6) is -0.736. The average molecular weight is 310 g/mol. The molecule has 0 bridgehead atoms. The van der Waals surface area contributed by atoms with Gasteiger partial charge in [0, 0.05) is 0 Å². The first kappa shape index (κ1) is 17.4. The van der Waals surface area contributed by atoms with Gasteiger partial charge in [-0.25, -0.2) is 8.78 Å². The van der Waals surface area contributed by atoms with Crippen LogP contribution in [-0.4, -0.2) is 11.5 Å².